The molecule has 0 aromatic heterocycles. The molecule has 1 aliphatic rings. The van der Waals surface area contributed by atoms with Crippen molar-refractivity contribution in [1.29, 1.82) is 0 Å². The van der Waals surface area contributed by atoms with Gasteiger partial charge >= 0.3 is 0 Å². The normalized spacial score (nSPS) is 16.9. The number of hydroxylamine groups is 1. The molecule has 1 aromatic carbocycles. The van der Waals surface area contributed by atoms with Gasteiger partial charge in [-0.2, -0.15) is 0 Å². The summed E-state index contributed by atoms with van der Waals surface area (Å²) in [7, 11) is 0. The Kier molecular flexibility index (Phi) is 4.52. The van der Waals surface area contributed by atoms with Gasteiger partial charge in [0.05, 0.1) is 11.4 Å². The Bertz CT molecular complexity index is 415. The van der Waals surface area contributed by atoms with Gasteiger partial charge in [0.1, 0.15) is 12.2 Å². The minimum absolute atomic E-state index is 0.260. The maximum absolute atomic E-state index is 14.0. The van der Waals surface area contributed by atoms with Crippen LogP contribution < -0.4 is 10.4 Å². The van der Waals surface area contributed by atoms with Gasteiger partial charge in [-0.05, 0) is 25.0 Å². The van der Waals surface area contributed by atoms with E-state index >= 15 is 0 Å². The van der Waals surface area contributed by atoms with E-state index in [2.05, 4.69) is 9.89 Å². The monoisotopic (exact) mass is 251 g/mol. The van der Waals surface area contributed by atoms with Crippen molar-refractivity contribution in [2.24, 2.45) is 4.99 Å². The highest BCUT2D eigenvalue weighted by Crippen LogP contribution is 2.26. The first-order valence-corrected chi connectivity index (χ1v) is 6.28. The van der Waals surface area contributed by atoms with Gasteiger partial charge in [-0.3, -0.25) is 10.7 Å². The van der Waals surface area contributed by atoms with E-state index in [1.807, 2.05) is 0 Å². The Hall–Kier alpha value is -1.62. The molecular weight excluding hydrogens is 233 g/mol. The summed E-state index contributed by atoms with van der Waals surface area (Å²) in [5.41, 5.74) is 2.92. The van der Waals surface area contributed by atoms with Crippen molar-refractivity contribution in [1.82, 2.24) is 5.48 Å². The summed E-state index contributed by atoms with van der Waals surface area (Å²) in [5, 5.41) is 8.39. The Morgan fingerprint density at radius 2 is 1.94 bits per heavy atom. The highest BCUT2D eigenvalue weighted by atomic mass is 19.1. The summed E-state index contributed by atoms with van der Waals surface area (Å²) in [4.78, 5) is 5.94. The molecule has 2 N–H and O–H groups in total. The van der Waals surface area contributed by atoms with Crippen LogP contribution in [0.25, 0.3) is 0 Å². The minimum atomic E-state index is -0.260. The molecule has 0 aliphatic carbocycles. The van der Waals surface area contributed by atoms with Crippen molar-refractivity contribution >= 4 is 17.7 Å². The third-order valence-corrected chi connectivity index (χ3v) is 3.15. The fourth-order valence-corrected chi connectivity index (χ4v) is 2.25. The van der Waals surface area contributed by atoms with Gasteiger partial charge in [0.2, 0.25) is 0 Å². The van der Waals surface area contributed by atoms with E-state index in [4.69, 9.17) is 5.21 Å². The van der Waals surface area contributed by atoms with Gasteiger partial charge in [-0.15, -0.1) is 0 Å². The van der Waals surface area contributed by atoms with Crippen LogP contribution in [-0.4, -0.2) is 24.6 Å². The standard InChI is InChI=1S/C13H18FN3O/c14-12-9-11(15-10-16-18)5-6-13(12)17-7-3-1-2-4-8-17/h5-6,9-10,18H,1-4,7-8H2,(H,15,16). The molecule has 0 spiro atoms. The zero-order valence-corrected chi connectivity index (χ0v) is 10.3. The lowest BCUT2D eigenvalue weighted by Gasteiger charge is -2.23. The molecule has 5 heteroatoms. The second-order valence-corrected chi connectivity index (χ2v) is 4.42. The van der Waals surface area contributed by atoms with Crippen molar-refractivity contribution in [3.63, 3.8) is 0 Å². The van der Waals surface area contributed by atoms with Crippen LogP contribution in [0, 0.1) is 5.82 Å². The van der Waals surface area contributed by atoms with Crippen molar-refractivity contribution in [2.45, 2.75) is 25.7 Å². The summed E-state index contributed by atoms with van der Waals surface area (Å²) in [5.74, 6) is -0.260. The molecule has 1 aromatic rings. The Balaban J connectivity index is 2.15. The van der Waals surface area contributed by atoms with Crippen LogP contribution in [0.1, 0.15) is 25.7 Å². The molecule has 1 heterocycles. The predicted octanol–water partition coefficient (Wildman–Crippen LogP) is 2.84. The van der Waals surface area contributed by atoms with E-state index in [1.165, 1.54) is 18.9 Å². The number of hydrogen-bond acceptors (Lipinski definition) is 3. The van der Waals surface area contributed by atoms with Gasteiger partial charge < -0.3 is 4.90 Å². The van der Waals surface area contributed by atoms with Crippen LogP contribution in [0.3, 0.4) is 0 Å². The van der Waals surface area contributed by atoms with E-state index < -0.39 is 0 Å². The molecule has 0 atom stereocenters. The third-order valence-electron chi connectivity index (χ3n) is 3.15. The van der Waals surface area contributed by atoms with E-state index in [-0.39, 0.29) is 5.82 Å². The summed E-state index contributed by atoms with van der Waals surface area (Å²) >= 11 is 0. The van der Waals surface area contributed by atoms with Crippen LogP contribution in [0.4, 0.5) is 15.8 Å². The topological polar surface area (TPSA) is 47.9 Å². The number of nitrogens with one attached hydrogen (secondary N) is 1. The number of halogens is 1. The van der Waals surface area contributed by atoms with Gasteiger partial charge in [0, 0.05) is 19.2 Å². The summed E-state index contributed by atoms with van der Waals surface area (Å²) in [6, 6.07) is 4.88. The van der Waals surface area contributed by atoms with Crippen LogP contribution in [-0.2, 0) is 0 Å². The number of hydrogen-bond donors (Lipinski definition) is 2. The average molecular weight is 251 g/mol. The van der Waals surface area contributed by atoms with Crippen molar-refractivity contribution < 1.29 is 9.60 Å². The third kappa shape index (κ3) is 3.20. The number of rotatable bonds is 3. The zero-order valence-electron chi connectivity index (χ0n) is 10.3. The van der Waals surface area contributed by atoms with Crippen LogP contribution >= 0.6 is 0 Å². The van der Waals surface area contributed by atoms with Gasteiger partial charge in [-0.25, -0.2) is 9.38 Å². The SMILES string of the molecule is ONC=Nc1ccc(N2CCCCCC2)c(F)c1. The highest BCUT2D eigenvalue weighted by molar-refractivity contribution is 5.62. The zero-order chi connectivity index (χ0) is 12.8. The van der Waals surface area contributed by atoms with Crippen LogP contribution in [0.15, 0.2) is 23.2 Å². The molecule has 1 aliphatic heterocycles. The largest absolute Gasteiger partial charge is 0.369 e. The van der Waals surface area contributed by atoms with Gasteiger partial charge in [0.15, 0.2) is 0 Å². The van der Waals surface area contributed by atoms with Crippen molar-refractivity contribution in [3.8, 4) is 0 Å². The molecule has 0 radical (unpaired) electrons. The number of aliphatic imine (C=N–C) groups is 1. The lowest BCUT2D eigenvalue weighted by atomic mass is 10.2. The molecule has 2 rings (SSSR count). The average Bonchev–Trinajstić information content (AvgIpc) is 2.65. The van der Waals surface area contributed by atoms with Crippen molar-refractivity contribution in [2.75, 3.05) is 18.0 Å². The number of anilines is 1. The Labute approximate surface area is 106 Å². The molecule has 1 saturated heterocycles. The Morgan fingerprint density at radius 1 is 1.22 bits per heavy atom. The fourth-order valence-electron chi connectivity index (χ4n) is 2.25. The molecule has 0 saturated carbocycles. The molecule has 0 unspecified atom stereocenters. The second kappa shape index (κ2) is 6.35. The second-order valence-electron chi connectivity index (χ2n) is 4.42. The van der Waals surface area contributed by atoms with E-state index in [9.17, 15) is 4.39 Å². The molecule has 4 nitrogen and oxygen atoms in total. The molecule has 98 valence electrons. The molecule has 18 heavy (non-hydrogen) atoms. The fraction of sp³-hybridized carbons (Fsp3) is 0.462. The van der Waals surface area contributed by atoms with Crippen LogP contribution in [0.2, 0.25) is 0 Å². The lowest BCUT2D eigenvalue weighted by Crippen LogP contribution is -2.24. The quantitative estimate of drug-likeness (QED) is 0.493. The first kappa shape index (κ1) is 12.8. The molecule has 0 amide bonds. The highest BCUT2D eigenvalue weighted by Gasteiger charge is 2.13. The summed E-state index contributed by atoms with van der Waals surface area (Å²) in [6.07, 6.45) is 5.80. The maximum Gasteiger partial charge on any atom is 0.148 e. The minimum Gasteiger partial charge on any atom is -0.369 e. The molecule has 0 bridgehead atoms. The first-order chi connectivity index (χ1) is 8.81. The van der Waals surface area contributed by atoms with Crippen molar-refractivity contribution in [3.05, 3.63) is 24.0 Å². The van der Waals surface area contributed by atoms with E-state index in [0.29, 0.717) is 11.4 Å². The molecule has 1 fully saturated rings. The summed E-state index contributed by atoms with van der Waals surface area (Å²) in [6.45, 7) is 1.83. The van der Waals surface area contributed by atoms with E-state index in [1.54, 1.807) is 17.6 Å². The predicted molar refractivity (Wildman–Crippen MR) is 70.2 cm³/mol. The smallest absolute Gasteiger partial charge is 0.148 e. The number of nitrogens with zero attached hydrogens (tertiary/aromatic N) is 2. The van der Waals surface area contributed by atoms with Crippen LogP contribution in [0.5, 0.6) is 0 Å². The Morgan fingerprint density at radius 3 is 2.56 bits per heavy atom. The van der Waals surface area contributed by atoms with E-state index in [0.717, 1.165) is 32.3 Å². The molecular formula is C13H18FN3O. The summed E-state index contributed by atoms with van der Waals surface area (Å²) < 4.78 is 14.0. The van der Waals surface area contributed by atoms with Gasteiger partial charge in [0.25, 0.3) is 0 Å². The lowest BCUT2D eigenvalue weighted by molar-refractivity contribution is 0.240. The maximum atomic E-state index is 14.0. The first-order valence-electron chi connectivity index (χ1n) is 6.28. The number of benzene rings is 1. The van der Waals surface area contributed by atoms with Gasteiger partial charge in [-0.1, -0.05) is 12.8 Å².